The average Bonchev–Trinajstić information content (AvgIpc) is 2.01. The molecule has 0 heterocycles. The molecule has 0 aromatic heterocycles. The van der Waals surface area contributed by atoms with E-state index in [4.69, 9.17) is 0 Å². The van der Waals surface area contributed by atoms with E-state index in [1.54, 1.807) is 0 Å². The van der Waals surface area contributed by atoms with Crippen molar-refractivity contribution >= 4 is 0 Å². The summed E-state index contributed by atoms with van der Waals surface area (Å²) < 4.78 is 0. The van der Waals surface area contributed by atoms with Crippen molar-refractivity contribution in [2.24, 2.45) is 17.3 Å². The standard InChI is InChI=1S/C11H22O/c1-5-9-6-7-11(3,4)10(12)8(9)2/h8-10,12H,5-7H2,1-4H3/t8-,9?,10?/m0/s1. The van der Waals surface area contributed by atoms with Gasteiger partial charge in [0.1, 0.15) is 0 Å². The van der Waals surface area contributed by atoms with Gasteiger partial charge in [0.05, 0.1) is 6.10 Å². The molecule has 0 saturated heterocycles. The second kappa shape index (κ2) is 3.37. The third-order valence-electron chi connectivity index (χ3n) is 3.73. The van der Waals surface area contributed by atoms with Crippen LogP contribution >= 0.6 is 0 Å². The largest absolute Gasteiger partial charge is 0.392 e. The van der Waals surface area contributed by atoms with Gasteiger partial charge in [-0.25, -0.2) is 0 Å². The van der Waals surface area contributed by atoms with Crippen LogP contribution < -0.4 is 0 Å². The number of aliphatic hydroxyl groups excluding tert-OH is 1. The maximum atomic E-state index is 10.0. The summed E-state index contributed by atoms with van der Waals surface area (Å²) in [6, 6.07) is 0. The van der Waals surface area contributed by atoms with Gasteiger partial charge in [0.15, 0.2) is 0 Å². The van der Waals surface area contributed by atoms with Crippen LogP contribution in [0.3, 0.4) is 0 Å². The summed E-state index contributed by atoms with van der Waals surface area (Å²) >= 11 is 0. The van der Waals surface area contributed by atoms with Crippen molar-refractivity contribution in [3.05, 3.63) is 0 Å². The van der Waals surface area contributed by atoms with E-state index in [1.807, 2.05) is 0 Å². The zero-order chi connectivity index (χ0) is 9.35. The van der Waals surface area contributed by atoms with Crippen LogP contribution in [0.2, 0.25) is 0 Å². The van der Waals surface area contributed by atoms with Crippen LogP contribution in [0.25, 0.3) is 0 Å². The molecule has 0 amide bonds. The lowest BCUT2D eigenvalue weighted by molar-refractivity contribution is -0.0531. The predicted octanol–water partition coefficient (Wildman–Crippen LogP) is 2.83. The van der Waals surface area contributed by atoms with Crippen molar-refractivity contribution in [1.29, 1.82) is 0 Å². The molecule has 1 saturated carbocycles. The van der Waals surface area contributed by atoms with Crippen molar-refractivity contribution < 1.29 is 5.11 Å². The molecule has 0 aromatic rings. The van der Waals surface area contributed by atoms with Crippen molar-refractivity contribution in [2.75, 3.05) is 0 Å². The van der Waals surface area contributed by atoms with E-state index >= 15 is 0 Å². The average molecular weight is 170 g/mol. The molecule has 0 aromatic carbocycles. The minimum atomic E-state index is -0.101. The van der Waals surface area contributed by atoms with Crippen molar-refractivity contribution in [1.82, 2.24) is 0 Å². The minimum absolute atomic E-state index is 0.101. The Balaban J connectivity index is 2.65. The summed E-state index contributed by atoms with van der Waals surface area (Å²) in [5.74, 6) is 1.23. The molecule has 1 heteroatoms. The summed E-state index contributed by atoms with van der Waals surface area (Å²) in [5, 5.41) is 10.0. The number of rotatable bonds is 1. The van der Waals surface area contributed by atoms with E-state index in [-0.39, 0.29) is 11.5 Å². The van der Waals surface area contributed by atoms with E-state index in [0.717, 1.165) is 5.92 Å². The summed E-state index contributed by atoms with van der Waals surface area (Å²) in [6.45, 7) is 8.78. The van der Waals surface area contributed by atoms with Crippen LogP contribution in [-0.4, -0.2) is 11.2 Å². The lowest BCUT2D eigenvalue weighted by Crippen LogP contribution is -2.42. The highest BCUT2D eigenvalue weighted by Crippen LogP contribution is 2.42. The van der Waals surface area contributed by atoms with Gasteiger partial charge in [0, 0.05) is 0 Å². The Bertz CT molecular complexity index is 151. The second-order valence-corrected chi connectivity index (χ2v) is 5.00. The maximum absolute atomic E-state index is 10.0. The van der Waals surface area contributed by atoms with Crippen LogP contribution in [-0.2, 0) is 0 Å². The Labute approximate surface area is 76.2 Å². The molecule has 0 aliphatic heterocycles. The maximum Gasteiger partial charge on any atom is 0.0619 e. The third kappa shape index (κ3) is 1.66. The van der Waals surface area contributed by atoms with Crippen molar-refractivity contribution in [3.8, 4) is 0 Å². The van der Waals surface area contributed by atoms with Gasteiger partial charge in [-0.2, -0.15) is 0 Å². The second-order valence-electron chi connectivity index (χ2n) is 5.00. The van der Waals surface area contributed by atoms with Gasteiger partial charge in [-0.15, -0.1) is 0 Å². The fourth-order valence-electron chi connectivity index (χ4n) is 2.51. The lowest BCUT2D eigenvalue weighted by Gasteiger charge is -2.43. The Hall–Kier alpha value is -0.0400. The zero-order valence-corrected chi connectivity index (χ0v) is 8.80. The first kappa shape index (κ1) is 10.0. The topological polar surface area (TPSA) is 20.2 Å². The highest BCUT2D eigenvalue weighted by Gasteiger charge is 2.39. The number of hydrogen-bond acceptors (Lipinski definition) is 1. The first-order chi connectivity index (χ1) is 5.49. The molecule has 1 fully saturated rings. The molecular formula is C11H22O. The molecule has 0 radical (unpaired) electrons. The summed E-state index contributed by atoms with van der Waals surface area (Å²) in [4.78, 5) is 0. The van der Waals surface area contributed by atoms with E-state index in [0.29, 0.717) is 5.92 Å². The van der Waals surface area contributed by atoms with Gasteiger partial charge in [0.25, 0.3) is 0 Å². The molecule has 1 nitrogen and oxygen atoms in total. The Kier molecular flexibility index (Phi) is 2.82. The summed E-state index contributed by atoms with van der Waals surface area (Å²) in [7, 11) is 0. The highest BCUT2D eigenvalue weighted by molar-refractivity contribution is 4.89. The molecule has 1 N–H and O–H groups in total. The fourth-order valence-corrected chi connectivity index (χ4v) is 2.51. The van der Waals surface area contributed by atoms with Gasteiger partial charge in [0.2, 0.25) is 0 Å². The van der Waals surface area contributed by atoms with Gasteiger partial charge in [-0.1, -0.05) is 34.1 Å². The SMILES string of the molecule is CCC1CCC(C)(C)C(O)[C@H]1C. The molecule has 1 rings (SSSR count). The smallest absolute Gasteiger partial charge is 0.0619 e. The molecule has 3 atom stereocenters. The molecule has 72 valence electrons. The molecular weight excluding hydrogens is 148 g/mol. The van der Waals surface area contributed by atoms with Gasteiger partial charge >= 0.3 is 0 Å². The van der Waals surface area contributed by atoms with Crippen LogP contribution in [0.5, 0.6) is 0 Å². The Morgan fingerprint density at radius 2 is 2.00 bits per heavy atom. The number of aliphatic hydroxyl groups is 1. The van der Waals surface area contributed by atoms with E-state index < -0.39 is 0 Å². The normalized spacial score (nSPS) is 41.2. The van der Waals surface area contributed by atoms with Crippen molar-refractivity contribution in [3.63, 3.8) is 0 Å². The summed E-state index contributed by atoms with van der Waals surface area (Å²) in [5.41, 5.74) is 0.144. The fraction of sp³-hybridized carbons (Fsp3) is 1.00. The third-order valence-corrected chi connectivity index (χ3v) is 3.73. The van der Waals surface area contributed by atoms with Crippen LogP contribution in [0, 0.1) is 17.3 Å². The zero-order valence-electron chi connectivity index (χ0n) is 8.80. The molecule has 1 aliphatic carbocycles. The predicted molar refractivity (Wildman–Crippen MR) is 52.0 cm³/mol. The molecule has 0 spiro atoms. The van der Waals surface area contributed by atoms with Gasteiger partial charge < -0.3 is 5.11 Å². The van der Waals surface area contributed by atoms with Crippen LogP contribution in [0.4, 0.5) is 0 Å². The van der Waals surface area contributed by atoms with Crippen LogP contribution in [0.15, 0.2) is 0 Å². The van der Waals surface area contributed by atoms with Gasteiger partial charge in [-0.05, 0) is 30.1 Å². The van der Waals surface area contributed by atoms with E-state index in [2.05, 4.69) is 27.7 Å². The quantitative estimate of drug-likeness (QED) is 0.641. The van der Waals surface area contributed by atoms with E-state index in [1.165, 1.54) is 19.3 Å². The highest BCUT2D eigenvalue weighted by atomic mass is 16.3. The van der Waals surface area contributed by atoms with E-state index in [9.17, 15) is 5.11 Å². The monoisotopic (exact) mass is 170 g/mol. The number of hydrogen-bond donors (Lipinski definition) is 1. The van der Waals surface area contributed by atoms with Gasteiger partial charge in [-0.3, -0.25) is 0 Å². The molecule has 1 aliphatic rings. The lowest BCUT2D eigenvalue weighted by atomic mass is 9.65. The first-order valence-corrected chi connectivity index (χ1v) is 5.17. The Morgan fingerprint density at radius 1 is 1.42 bits per heavy atom. The molecule has 0 bridgehead atoms. The first-order valence-electron chi connectivity index (χ1n) is 5.17. The molecule has 12 heavy (non-hydrogen) atoms. The van der Waals surface area contributed by atoms with Crippen LogP contribution in [0.1, 0.15) is 47.0 Å². The summed E-state index contributed by atoms with van der Waals surface area (Å²) in [6.07, 6.45) is 3.59. The van der Waals surface area contributed by atoms with Crippen molar-refractivity contribution in [2.45, 2.75) is 53.1 Å². The Morgan fingerprint density at radius 3 is 2.50 bits per heavy atom. The molecule has 2 unspecified atom stereocenters. The minimum Gasteiger partial charge on any atom is -0.392 e.